The summed E-state index contributed by atoms with van der Waals surface area (Å²) in [4.78, 5) is 28.6. The van der Waals surface area contributed by atoms with Crippen molar-refractivity contribution in [1.29, 1.82) is 0 Å². The van der Waals surface area contributed by atoms with Crippen molar-refractivity contribution in [3.63, 3.8) is 0 Å². The zero-order valence-corrected chi connectivity index (χ0v) is 14.6. The van der Waals surface area contributed by atoms with Crippen molar-refractivity contribution in [2.75, 3.05) is 26.7 Å². The molecule has 8 heteroatoms. The van der Waals surface area contributed by atoms with Gasteiger partial charge < -0.3 is 15.1 Å². The van der Waals surface area contributed by atoms with Crippen LogP contribution in [-0.2, 0) is 22.3 Å². The van der Waals surface area contributed by atoms with E-state index in [1.807, 2.05) is 7.05 Å². The number of likely N-dealkylation sites (tertiary alicyclic amines) is 2. The third-order valence-electron chi connectivity index (χ3n) is 5.34. The fourth-order valence-corrected chi connectivity index (χ4v) is 3.53. The lowest BCUT2D eigenvalue weighted by atomic mass is 9.82. The first-order valence-corrected chi connectivity index (χ1v) is 8.66. The molecule has 0 unspecified atom stereocenters. The highest BCUT2D eigenvalue weighted by Crippen LogP contribution is 2.34. The first-order chi connectivity index (χ1) is 12.2. The van der Waals surface area contributed by atoms with E-state index in [-0.39, 0.29) is 18.4 Å². The van der Waals surface area contributed by atoms with Crippen LogP contribution in [0.5, 0.6) is 0 Å². The first kappa shape index (κ1) is 18.7. The van der Waals surface area contributed by atoms with Crippen molar-refractivity contribution < 1.29 is 22.8 Å². The molecule has 2 aliphatic heterocycles. The highest BCUT2D eigenvalue weighted by molar-refractivity contribution is 5.94. The minimum Gasteiger partial charge on any atom is -0.350 e. The molecule has 2 amide bonds. The van der Waals surface area contributed by atoms with Crippen molar-refractivity contribution >= 4 is 11.8 Å². The van der Waals surface area contributed by atoms with Crippen molar-refractivity contribution in [1.82, 2.24) is 15.1 Å². The molecular formula is C18H22F3N3O2. The van der Waals surface area contributed by atoms with Crippen LogP contribution in [0, 0.1) is 0 Å². The molecule has 1 aromatic rings. The van der Waals surface area contributed by atoms with Crippen molar-refractivity contribution in [2.24, 2.45) is 0 Å². The van der Waals surface area contributed by atoms with Crippen LogP contribution in [0.4, 0.5) is 13.2 Å². The number of hydrogen-bond donors (Lipinski definition) is 1. The Morgan fingerprint density at radius 3 is 2.23 bits per heavy atom. The molecule has 0 aliphatic carbocycles. The lowest BCUT2D eigenvalue weighted by molar-refractivity contribution is -0.160. The van der Waals surface area contributed by atoms with Gasteiger partial charge in [-0.2, -0.15) is 13.2 Å². The highest BCUT2D eigenvalue weighted by Gasteiger charge is 2.50. The standard InChI is InChI=1S/C18H22F3N3O2/c1-23-10-7-17(8-11-23,24-9-6-15(24)25)16(26)22-12-13-2-4-14(5-3-13)18(19,20)21/h2-5H,6-12H2,1H3,(H,22,26). The van der Waals surface area contributed by atoms with Crippen molar-refractivity contribution in [3.05, 3.63) is 35.4 Å². The van der Waals surface area contributed by atoms with Gasteiger partial charge in [-0.1, -0.05) is 12.1 Å². The lowest BCUT2D eigenvalue weighted by Gasteiger charge is -2.50. The molecule has 2 saturated heterocycles. The summed E-state index contributed by atoms with van der Waals surface area (Å²) in [5.41, 5.74) is -0.969. The Balaban J connectivity index is 1.67. The Hall–Kier alpha value is -2.09. The number of β-lactam (4-membered cyclic amide) rings is 1. The second kappa shape index (κ2) is 6.90. The van der Waals surface area contributed by atoms with Crippen LogP contribution >= 0.6 is 0 Å². The summed E-state index contributed by atoms with van der Waals surface area (Å²) >= 11 is 0. The summed E-state index contributed by atoms with van der Waals surface area (Å²) in [6, 6.07) is 4.73. The molecule has 0 spiro atoms. The average molecular weight is 369 g/mol. The minimum atomic E-state index is -4.38. The number of amides is 2. The number of nitrogens with one attached hydrogen (secondary N) is 1. The molecule has 2 fully saturated rings. The number of nitrogens with zero attached hydrogens (tertiary/aromatic N) is 2. The highest BCUT2D eigenvalue weighted by atomic mass is 19.4. The monoisotopic (exact) mass is 369 g/mol. The van der Waals surface area contributed by atoms with E-state index in [1.54, 1.807) is 4.90 Å². The van der Waals surface area contributed by atoms with E-state index in [4.69, 9.17) is 0 Å². The summed E-state index contributed by atoms with van der Waals surface area (Å²) in [5, 5.41) is 2.82. The van der Waals surface area contributed by atoms with Gasteiger partial charge in [0.2, 0.25) is 11.8 Å². The molecule has 26 heavy (non-hydrogen) atoms. The largest absolute Gasteiger partial charge is 0.416 e. The van der Waals surface area contributed by atoms with E-state index in [2.05, 4.69) is 10.2 Å². The summed E-state index contributed by atoms with van der Waals surface area (Å²) in [6.07, 6.45) is -2.79. The molecule has 142 valence electrons. The quantitative estimate of drug-likeness (QED) is 0.827. The Bertz CT molecular complexity index is 680. The van der Waals surface area contributed by atoms with Crippen molar-refractivity contribution in [3.8, 4) is 0 Å². The number of piperidine rings is 1. The van der Waals surface area contributed by atoms with Gasteiger partial charge in [0.05, 0.1) is 5.56 Å². The van der Waals surface area contributed by atoms with Crippen LogP contribution in [0.1, 0.15) is 30.4 Å². The molecule has 0 radical (unpaired) electrons. The number of alkyl halides is 3. The van der Waals surface area contributed by atoms with E-state index < -0.39 is 17.3 Å². The number of halogens is 3. The Labute approximate surface area is 150 Å². The van der Waals surface area contributed by atoms with Crippen LogP contribution < -0.4 is 5.32 Å². The maximum Gasteiger partial charge on any atom is 0.416 e. The summed E-state index contributed by atoms with van der Waals surface area (Å²) < 4.78 is 37.9. The second-order valence-corrected chi connectivity index (χ2v) is 7.01. The van der Waals surface area contributed by atoms with Gasteiger partial charge in [-0.25, -0.2) is 0 Å². The van der Waals surface area contributed by atoms with Gasteiger partial charge in [-0.3, -0.25) is 9.59 Å². The maximum atomic E-state index is 12.9. The van der Waals surface area contributed by atoms with E-state index in [0.717, 1.165) is 25.2 Å². The molecule has 3 rings (SSSR count). The molecule has 0 saturated carbocycles. The Morgan fingerprint density at radius 1 is 1.15 bits per heavy atom. The maximum absolute atomic E-state index is 12.9. The third kappa shape index (κ3) is 3.56. The van der Waals surface area contributed by atoms with Gasteiger partial charge >= 0.3 is 6.18 Å². The third-order valence-corrected chi connectivity index (χ3v) is 5.34. The number of benzene rings is 1. The lowest BCUT2D eigenvalue weighted by Crippen LogP contribution is -2.68. The molecule has 1 N–H and O–H groups in total. The van der Waals surface area contributed by atoms with Gasteiger partial charge in [-0.15, -0.1) is 0 Å². The van der Waals surface area contributed by atoms with Crippen LogP contribution in [0.2, 0.25) is 0 Å². The second-order valence-electron chi connectivity index (χ2n) is 7.01. The summed E-state index contributed by atoms with van der Waals surface area (Å²) in [5.74, 6) is -0.238. The van der Waals surface area contributed by atoms with Crippen LogP contribution in [0.15, 0.2) is 24.3 Å². The average Bonchev–Trinajstić information content (AvgIpc) is 2.60. The number of rotatable bonds is 4. The van der Waals surface area contributed by atoms with Gasteiger partial charge in [-0.05, 0) is 37.6 Å². The zero-order chi connectivity index (χ0) is 18.9. The van der Waals surface area contributed by atoms with Gasteiger partial charge in [0.1, 0.15) is 5.54 Å². The first-order valence-electron chi connectivity index (χ1n) is 8.66. The molecule has 0 aromatic heterocycles. The van der Waals surface area contributed by atoms with Crippen molar-refractivity contribution in [2.45, 2.75) is 37.5 Å². The number of carbonyl (C=O) groups is 2. The van der Waals surface area contributed by atoms with E-state index >= 15 is 0 Å². The topological polar surface area (TPSA) is 52.7 Å². The molecular weight excluding hydrogens is 347 g/mol. The van der Waals surface area contributed by atoms with Gasteiger partial charge in [0.15, 0.2) is 0 Å². The van der Waals surface area contributed by atoms with E-state index in [0.29, 0.717) is 31.4 Å². The molecule has 1 aromatic carbocycles. The predicted octanol–water partition coefficient (Wildman–Crippen LogP) is 2.02. The summed E-state index contributed by atoms with van der Waals surface area (Å²) in [7, 11) is 1.97. The minimum absolute atomic E-state index is 0.0146. The zero-order valence-electron chi connectivity index (χ0n) is 14.6. The number of hydrogen-bond acceptors (Lipinski definition) is 3. The van der Waals surface area contributed by atoms with Crippen LogP contribution in [0.3, 0.4) is 0 Å². The van der Waals surface area contributed by atoms with E-state index in [9.17, 15) is 22.8 Å². The molecule has 5 nitrogen and oxygen atoms in total. The number of carbonyl (C=O) groups excluding carboxylic acids is 2. The van der Waals surface area contributed by atoms with Crippen LogP contribution in [-0.4, -0.2) is 53.8 Å². The normalized spacial score (nSPS) is 20.6. The smallest absolute Gasteiger partial charge is 0.350 e. The molecule has 0 bridgehead atoms. The molecule has 0 atom stereocenters. The van der Waals surface area contributed by atoms with Gasteiger partial charge in [0.25, 0.3) is 0 Å². The van der Waals surface area contributed by atoms with E-state index in [1.165, 1.54) is 12.1 Å². The predicted molar refractivity (Wildman–Crippen MR) is 89.1 cm³/mol. The fraction of sp³-hybridized carbons (Fsp3) is 0.556. The SMILES string of the molecule is CN1CCC(C(=O)NCc2ccc(C(F)(F)F)cc2)(N2CCC2=O)CC1. The Kier molecular flexibility index (Phi) is 4.96. The van der Waals surface area contributed by atoms with Gasteiger partial charge in [0, 0.05) is 32.6 Å². The Morgan fingerprint density at radius 2 is 1.77 bits per heavy atom. The molecule has 2 heterocycles. The fourth-order valence-electron chi connectivity index (χ4n) is 3.53. The summed E-state index contributed by atoms with van der Waals surface area (Å²) in [6.45, 7) is 2.15. The van der Waals surface area contributed by atoms with Crippen LogP contribution in [0.25, 0.3) is 0 Å². The molecule has 2 aliphatic rings.